The Bertz CT molecular complexity index is 415. The van der Waals surface area contributed by atoms with Gasteiger partial charge in [0.25, 0.3) is 0 Å². The van der Waals surface area contributed by atoms with Crippen LogP contribution in [0.2, 0.25) is 0 Å². The number of aliphatic hydroxyl groups is 1. The van der Waals surface area contributed by atoms with E-state index >= 15 is 0 Å². The molecule has 1 unspecified atom stereocenters. The van der Waals surface area contributed by atoms with Crippen LogP contribution in [-0.4, -0.2) is 17.8 Å². The highest BCUT2D eigenvalue weighted by molar-refractivity contribution is 5.77. The summed E-state index contributed by atoms with van der Waals surface area (Å²) in [5.41, 5.74) is 0.926. The Hall–Kier alpha value is -1.32. The highest BCUT2D eigenvalue weighted by atomic mass is 16.3. The van der Waals surface area contributed by atoms with E-state index in [2.05, 4.69) is 5.32 Å². The molecule has 0 bridgehead atoms. The first-order chi connectivity index (χ1) is 7.75. The Labute approximate surface area is 95.1 Å². The minimum Gasteiger partial charge on any atom is -0.460 e. The van der Waals surface area contributed by atoms with E-state index in [1.54, 1.807) is 6.92 Å². The van der Waals surface area contributed by atoms with Gasteiger partial charge in [0.2, 0.25) is 0 Å². The second-order valence-electron chi connectivity index (χ2n) is 4.07. The number of hydrogen-bond acceptors (Lipinski definition) is 3. The largest absolute Gasteiger partial charge is 0.460 e. The van der Waals surface area contributed by atoms with Crippen LogP contribution >= 0.6 is 0 Å². The van der Waals surface area contributed by atoms with Crippen LogP contribution in [-0.2, 0) is 6.54 Å². The molecule has 2 aromatic rings. The first kappa shape index (κ1) is 11.2. The van der Waals surface area contributed by atoms with E-state index in [9.17, 15) is 0 Å². The average molecular weight is 219 g/mol. The molecular formula is C13H17NO2. The Morgan fingerprint density at radius 1 is 1.38 bits per heavy atom. The maximum atomic E-state index is 9.10. The lowest BCUT2D eigenvalue weighted by Gasteiger charge is -2.04. The molecule has 0 spiro atoms. The lowest BCUT2D eigenvalue weighted by atomic mass is 10.2. The molecule has 0 aliphatic rings. The van der Waals surface area contributed by atoms with Crippen LogP contribution in [0.1, 0.15) is 19.1 Å². The molecule has 0 saturated carbocycles. The molecule has 0 fully saturated rings. The Kier molecular flexibility index (Phi) is 3.59. The van der Waals surface area contributed by atoms with Crippen LogP contribution in [0, 0.1) is 0 Å². The van der Waals surface area contributed by atoms with Gasteiger partial charge in [0.05, 0.1) is 12.6 Å². The van der Waals surface area contributed by atoms with Crippen molar-refractivity contribution in [3.05, 3.63) is 36.1 Å². The second-order valence-corrected chi connectivity index (χ2v) is 4.07. The summed E-state index contributed by atoms with van der Waals surface area (Å²) in [5.74, 6) is 0.937. The van der Waals surface area contributed by atoms with Crippen LogP contribution in [0.3, 0.4) is 0 Å². The molecule has 1 atom stereocenters. The van der Waals surface area contributed by atoms with E-state index in [1.165, 1.54) is 0 Å². The lowest BCUT2D eigenvalue weighted by molar-refractivity contribution is 0.183. The highest BCUT2D eigenvalue weighted by Gasteiger charge is 2.02. The zero-order chi connectivity index (χ0) is 11.4. The van der Waals surface area contributed by atoms with E-state index in [4.69, 9.17) is 9.52 Å². The van der Waals surface area contributed by atoms with Gasteiger partial charge in [0, 0.05) is 5.39 Å². The Morgan fingerprint density at radius 2 is 2.19 bits per heavy atom. The van der Waals surface area contributed by atoms with E-state index in [-0.39, 0.29) is 6.10 Å². The molecule has 3 nitrogen and oxygen atoms in total. The Balaban J connectivity index is 1.89. The van der Waals surface area contributed by atoms with Crippen molar-refractivity contribution >= 4 is 11.0 Å². The van der Waals surface area contributed by atoms with Crippen molar-refractivity contribution in [2.75, 3.05) is 6.54 Å². The van der Waals surface area contributed by atoms with Gasteiger partial charge >= 0.3 is 0 Å². The summed E-state index contributed by atoms with van der Waals surface area (Å²) in [5, 5.41) is 13.5. The molecule has 2 rings (SSSR count). The normalized spacial score (nSPS) is 13.1. The van der Waals surface area contributed by atoms with E-state index in [1.807, 2.05) is 30.3 Å². The van der Waals surface area contributed by atoms with Crippen molar-refractivity contribution in [2.45, 2.75) is 26.0 Å². The molecule has 0 aliphatic heterocycles. The van der Waals surface area contributed by atoms with Crippen molar-refractivity contribution in [2.24, 2.45) is 0 Å². The number of hydrogen-bond donors (Lipinski definition) is 2. The SMILES string of the molecule is CC(O)CCNCc1cc2ccccc2o1. The van der Waals surface area contributed by atoms with Gasteiger partial charge in [-0.1, -0.05) is 18.2 Å². The molecule has 1 aromatic carbocycles. The maximum absolute atomic E-state index is 9.10. The van der Waals surface area contributed by atoms with E-state index in [0.717, 1.165) is 29.7 Å². The second kappa shape index (κ2) is 5.14. The smallest absolute Gasteiger partial charge is 0.134 e. The quantitative estimate of drug-likeness (QED) is 0.758. The molecule has 86 valence electrons. The number of nitrogens with one attached hydrogen (secondary N) is 1. The summed E-state index contributed by atoms with van der Waals surface area (Å²) in [4.78, 5) is 0. The summed E-state index contributed by atoms with van der Waals surface area (Å²) in [6, 6.07) is 10.0. The van der Waals surface area contributed by atoms with Gasteiger partial charge in [0.15, 0.2) is 0 Å². The molecule has 2 N–H and O–H groups in total. The van der Waals surface area contributed by atoms with Gasteiger partial charge in [-0.25, -0.2) is 0 Å². The van der Waals surface area contributed by atoms with Crippen LogP contribution < -0.4 is 5.32 Å². The predicted molar refractivity (Wildman–Crippen MR) is 64.2 cm³/mol. The first-order valence-corrected chi connectivity index (χ1v) is 5.62. The van der Waals surface area contributed by atoms with Crippen molar-refractivity contribution in [3.63, 3.8) is 0 Å². The number of para-hydroxylation sites is 1. The molecule has 0 radical (unpaired) electrons. The third kappa shape index (κ3) is 2.84. The zero-order valence-corrected chi connectivity index (χ0v) is 9.44. The number of fused-ring (bicyclic) bond motifs is 1. The first-order valence-electron chi connectivity index (χ1n) is 5.62. The Morgan fingerprint density at radius 3 is 2.94 bits per heavy atom. The molecule has 0 saturated heterocycles. The summed E-state index contributed by atoms with van der Waals surface area (Å²) >= 11 is 0. The molecule has 3 heteroatoms. The fraction of sp³-hybridized carbons (Fsp3) is 0.385. The van der Waals surface area contributed by atoms with Gasteiger partial charge < -0.3 is 14.8 Å². The van der Waals surface area contributed by atoms with E-state index in [0.29, 0.717) is 6.54 Å². The molecule has 0 aliphatic carbocycles. The molecule has 0 amide bonds. The third-order valence-corrected chi connectivity index (χ3v) is 2.51. The van der Waals surface area contributed by atoms with Gasteiger partial charge in [-0.3, -0.25) is 0 Å². The third-order valence-electron chi connectivity index (χ3n) is 2.51. The molecular weight excluding hydrogens is 202 g/mol. The van der Waals surface area contributed by atoms with Crippen LogP contribution in [0.4, 0.5) is 0 Å². The monoisotopic (exact) mass is 219 g/mol. The fourth-order valence-corrected chi connectivity index (χ4v) is 1.65. The minimum atomic E-state index is -0.247. The molecule has 1 aromatic heterocycles. The number of rotatable bonds is 5. The summed E-state index contributed by atoms with van der Waals surface area (Å²) in [6.45, 7) is 3.30. The topological polar surface area (TPSA) is 45.4 Å². The van der Waals surface area contributed by atoms with Crippen LogP contribution in [0.25, 0.3) is 11.0 Å². The predicted octanol–water partition coefficient (Wildman–Crippen LogP) is 2.29. The minimum absolute atomic E-state index is 0.247. The van der Waals surface area contributed by atoms with Gasteiger partial charge in [-0.15, -0.1) is 0 Å². The number of benzene rings is 1. The van der Waals surface area contributed by atoms with Gasteiger partial charge in [-0.2, -0.15) is 0 Å². The van der Waals surface area contributed by atoms with Crippen LogP contribution in [0.15, 0.2) is 34.7 Å². The van der Waals surface area contributed by atoms with E-state index < -0.39 is 0 Å². The molecule has 1 heterocycles. The lowest BCUT2D eigenvalue weighted by Crippen LogP contribution is -2.18. The van der Waals surface area contributed by atoms with Crippen molar-refractivity contribution in [3.8, 4) is 0 Å². The zero-order valence-electron chi connectivity index (χ0n) is 9.44. The highest BCUT2D eigenvalue weighted by Crippen LogP contribution is 2.18. The fourth-order valence-electron chi connectivity index (χ4n) is 1.65. The summed E-state index contributed by atoms with van der Waals surface area (Å²) in [6.07, 6.45) is 0.517. The standard InChI is InChI=1S/C13H17NO2/c1-10(15)6-7-14-9-12-8-11-4-2-3-5-13(11)16-12/h2-5,8,10,14-15H,6-7,9H2,1H3. The average Bonchev–Trinajstić information content (AvgIpc) is 2.66. The van der Waals surface area contributed by atoms with Crippen molar-refractivity contribution < 1.29 is 9.52 Å². The van der Waals surface area contributed by atoms with Crippen molar-refractivity contribution in [1.29, 1.82) is 0 Å². The van der Waals surface area contributed by atoms with Gasteiger partial charge in [-0.05, 0) is 32.0 Å². The van der Waals surface area contributed by atoms with Crippen LogP contribution in [0.5, 0.6) is 0 Å². The molecule has 16 heavy (non-hydrogen) atoms. The number of aliphatic hydroxyl groups excluding tert-OH is 1. The van der Waals surface area contributed by atoms with Crippen molar-refractivity contribution in [1.82, 2.24) is 5.32 Å². The number of furan rings is 1. The summed E-state index contributed by atoms with van der Waals surface area (Å²) < 4.78 is 5.65. The summed E-state index contributed by atoms with van der Waals surface area (Å²) in [7, 11) is 0. The van der Waals surface area contributed by atoms with Gasteiger partial charge in [0.1, 0.15) is 11.3 Å². The maximum Gasteiger partial charge on any atom is 0.134 e.